The smallest absolute Gasteiger partial charge is 0.335 e. The van der Waals surface area contributed by atoms with Crippen LogP contribution in [0.4, 0.5) is 11.5 Å². The van der Waals surface area contributed by atoms with Crippen LogP contribution >= 0.6 is 0 Å². The first-order chi connectivity index (χ1) is 20.1. The van der Waals surface area contributed by atoms with Crippen LogP contribution in [0, 0.1) is 5.92 Å². The molecule has 41 heavy (non-hydrogen) atoms. The highest BCUT2D eigenvalue weighted by molar-refractivity contribution is 5.98. The molecule has 3 aromatic rings. The lowest BCUT2D eigenvalue weighted by atomic mass is 9.88. The Balaban J connectivity index is 1.17. The van der Waals surface area contributed by atoms with E-state index in [1.807, 2.05) is 54.6 Å². The summed E-state index contributed by atoms with van der Waals surface area (Å²) in [7, 11) is 0. The summed E-state index contributed by atoms with van der Waals surface area (Å²) in [6, 6.07) is 20.3. The van der Waals surface area contributed by atoms with E-state index in [1.165, 1.54) is 0 Å². The van der Waals surface area contributed by atoms with Crippen molar-refractivity contribution in [3.8, 4) is 5.75 Å². The van der Waals surface area contributed by atoms with Gasteiger partial charge in [-0.15, -0.1) is 0 Å². The molecule has 1 saturated heterocycles. The topological polar surface area (TPSA) is 91.8 Å². The lowest BCUT2D eigenvalue weighted by Crippen LogP contribution is -2.36. The van der Waals surface area contributed by atoms with Crippen LogP contribution in [0.1, 0.15) is 47.5 Å². The van der Waals surface area contributed by atoms with Gasteiger partial charge >= 0.3 is 5.97 Å². The first-order valence-electron chi connectivity index (χ1n) is 14.1. The van der Waals surface area contributed by atoms with Crippen molar-refractivity contribution in [2.24, 2.45) is 5.92 Å². The van der Waals surface area contributed by atoms with Crippen LogP contribution in [0.3, 0.4) is 0 Å². The molecule has 0 saturated carbocycles. The molecule has 1 atom stereocenters. The molecule has 1 aliphatic heterocycles. The number of nitrogens with one attached hydrogen (secondary N) is 1. The second-order valence-electron chi connectivity index (χ2n) is 10.4. The molecular formula is C34H35N3O4. The van der Waals surface area contributed by atoms with Crippen molar-refractivity contribution in [2.45, 2.75) is 31.6 Å². The van der Waals surface area contributed by atoms with E-state index in [9.17, 15) is 14.7 Å². The summed E-state index contributed by atoms with van der Waals surface area (Å²) in [5.74, 6) is 0.374. The molecule has 210 valence electrons. The Labute approximate surface area is 240 Å². The largest absolute Gasteiger partial charge is 0.493 e. The van der Waals surface area contributed by atoms with Gasteiger partial charge in [-0.2, -0.15) is 0 Å². The fourth-order valence-electron chi connectivity index (χ4n) is 5.20. The zero-order chi connectivity index (χ0) is 28.4. The van der Waals surface area contributed by atoms with Gasteiger partial charge in [-0.05, 0) is 73.1 Å². The van der Waals surface area contributed by atoms with E-state index in [4.69, 9.17) is 4.74 Å². The quantitative estimate of drug-likeness (QED) is 0.311. The minimum Gasteiger partial charge on any atom is -0.493 e. The maximum Gasteiger partial charge on any atom is 0.335 e. The van der Waals surface area contributed by atoms with Gasteiger partial charge in [0.15, 0.2) is 0 Å². The van der Waals surface area contributed by atoms with Gasteiger partial charge in [-0.1, -0.05) is 66.8 Å². The number of piperidine rings is 1. The van der Waals surface area contributed by atoms with Gasteiger partial charge in [-0.25, -0.2) is 9.78 Å². The number of hydrogen-bond donors (Lipinski definition) is 2. The fraction of sp³-hybridized carbons (Fsp3) is 0.265. The third-order valence-electron chi connectivity index (χ3n) is 7.48. The molecule has 2 aliphatic rings. The molecule has 2 heterocycles. The lowest BCUT2D eigenvalue weighted by molar-refractivity contribution is -0.116. The summed E-state index contributed by atoms with van der Waals surface area (Å²) in [6.07, 6.45) is 15.9. The number of benzene rings is 2. The van der Waals surface area contributed by atoms with Crippen LogP contribution in [0.2, 0.25) is 0 Å². The number of carboxylic acids is 1. The summed E-state index contributed by atoms with van der Waals surface area (Å²) in [6.45, 7) is 2.26. The second kappa shape index (κ2) is 13.6. The van der Waals surface area contributed by atoms with Gasteiger partial charge in [-0.3, -0.25) is 4.79 Å². The predicted octanol–water partition coefficient (Wildman–Crippen LogP) is 6.63. The highest BCUT2D eigenvalue weighted by atomic mass is 16.5. The minimum atomic E-state index is -0.958. The monoisotopic (exact) mass is 549 g/mol. The van der Waals surface area contributed by atoms with E-state index in [1.54, 1.807) is 30.5 Å². The number of aromatic nitrogens is 1. The Kier molecular flexibility index (Phi) is 9.26. The number of aromatic carboxylic acids is 1. The molecule has 1 aliphatic carbocycles. The molecule has 0 spiro atoms. The van der Waals surface area contributed by atoms with Crippen molar-refractivity contribution in [2.75, 3.05) is 29.9 Å². The summed E-state index contributed by atoms with van der Waals surface area (Å²) >= 11 is 0. The van der Waals surface area contributed by atoms with Gasteiger partial charge in [0, 0.05) is 13.1 Å². The predicted molar refractivity (Wildman–Crippen MR) is 161 cm³/mol. The first-order valence-corrected chi connectivity index (χ1v) is 14.1. The Bertz CT molecular complexity index is 1420. The number of carboxylic acid groups (broad SMARTS) is 1. The van der Waals surface area contributed by atoms with Crippen LogP contribution in [-0.4, -0.2) is 41.7 Å². The number of carbonyl (C=O) groups is 2. The van der Waals surface area contributed by atoms with Gasteiger partial charge in [0.05, 0.1) is 30.0 Å². The van der Waals surface area contributed by atoms with E-state index in [2.05, 4.69) is 33.4 Å². The van der Waals surface area contributed by atoms with Crippen LogP contribution in [0.5, 0.6) is 5.75 Å². The third kappa shape index (κ3) is 7.51. The molecule has 7 heteroatoms. The van der Waals surface area contributed by atoms with E-state index in [0.29, 0.717) is 24.0 Å². The SMILES string of the molecule is O=C(O)c1cccc(OCC2CCN(c3ccc(NC(=O)C(C4=C/C=C\CC/C=C\4)c4ccccc4)cn3)CC2)c1. The molecule has 1 unspecified atom stereocenters. The second-order valence-corrected chi connectivity index (χ2v) is 10.4. The standard InChI is InChI=1S/C34H35N3O4/c38-33(32(27-12-7-4-8-13-27)26-10-5-2-1-3-6-11-26)36-29-16-17-31(35-23-29)37-20-18-25(19-21-37)24-41-30-15-9-14-28(22-30)34(39)40/h2,4-17,22-23,25,32H,1,3,18-21,24H2,(H,36,38)(H,39,40)/b5-2-,11-6-,26-10+. The van der Waals surface area contributed by atoms with Crippen molar-refractivity contribution in [1.82, 2.24) is 4.98 Å². The van der Waals surface area contributed by atoms with Crippen molar-refractivity contribution in [1.29, 1.82) is 0 Å². The van der Waals surface area contributed by atoms with Crippen molar-refractivity contribution >= 4 is 23.4 Å². The average Bonchev–Trinajstić information content (AvgIpc) is 2.98. The Morgan fingerprint density at radius 2 is 1.80 bits per heavy atom. The minimum absolute atomic E-state index is 0.0923. The van der Waals surface area contributed by atoms with Crippen molar-refractivity contribution in [3.63, 3.8) is 0 Å². The van der Waals surface area contributed by atoms with Gasteiger partial charge in [0.25, 0.3) is 0 Å². The number of ether oxygens (including phenoxy) is 1. The zero-order valence-corrected chi connectivity index (χ0v) is 23.0. The molecule has 0 bridgehead atoms. The number of nitrogens with zero attached hydrogens (tertiary/aromatic N) is 2. The summed E-state index contributed by atoms with van der Waals surface area (Å²) in [5, 5.41) is 12.3. The summed E-state index contributed by atoms with van der Waals surface area (Å²) < 4.78 is 5.89. The number of hydrogen-bond acceptors (Lipinski definition) is 5. The van der Waals surface area contributed by atoms with Crippen molar-refractivity contribution in [3.05, 3.63) is 120 Å². The highest BCUT2D eigenvalue weighted by Gasteiger charge is 2.24. The normalized spacial score (nSPS) is 19.1. The van der Waals surface area contributed by atoms with Crippen LogP contribution in [0.15, 0.2) is 109 Å². The van der Waals surface area contributed by atoms with Crippen LogP contribution in [-0.2, 0) is 4.79 Å². The molecule has 2 aromatic carbocycles. The number of allylic oxidation sites excluding steroid dienone is 5. The summed E-state index contributed by atoms with van der Waals surface area (Å²) in [4.78, 5) is 31.6. The number of amides is 1. The van der Waals surface area contributed by atoms with Crippen LogP contribution in [0.25, 0.3) is 0 Å². The fourth-order valence-corrected chi connectivity index (χ4v) is 5.20. The maximum atomic E-state index is 13.6. The van der Waals surface area contributed by atoms with E-state index in [0.717, 1.165) is 55.7 Å². The number of carbonyl (C=O) groups excluding carboxylic acids is 1. The van der Waals surface area contributed by atoms with E-state index in [-0.39, 0.29) is 11.5 Å². The number of rotatable bonds is 9. The van der Waals surface area contributed by atoms with Gasteiger partial charge in [0.1, 0.15) is 11.6 Å². The van der Waals surface area contributed by atoms with E-state index < -0.39 is 11.9 Å². The molecule has 7 nitrogen and oxygen atoms in total. The maximum absolute atomic E-state index is 13.6. The molecule has 5 rings (SSSR count). The first kappa shape index (κ1) is 27.9. The molecular weight excluding hydrogens is 514 g/mol. The molecule has 0 radical (unpaired) electrons. The Morgan fingerprint density at radius 3 is 2.56 bits per heavy atom. The average molecular weight is 550 g/mol. The lowest BCUT2D eigenvalue weighted by Gasteiger charge is -2.32. The van der Waals surface area contributed by atoms with Crippen molar-refractivity contribution < 1.29 is 19.4 Å². The zero-order valence-electron chi connectivity index (χ0n) is 23.0. The number of anilines is 2. The van der Waals surface area contributed by atoms with Crippen LogP contribution < -0.4 is 15.0 Å². The van der Waals surface area contributed by atoms with Gasteiger partial charge in [0.2, 0.25) is 5.91 Å². The molecule has 2 N–H and O–H groups in total. The Morgan fingerprint density at radius 1 is 1.00 bits per heavy atom. The highest BCUT2D eigenvalue weighted by Crippen LogP contribution is 2.29. The Hall–Kier alpha value is -4.65. The summed E-state index contributed by atoms with van der Waals surface area (Å²) in [5.41, 5.74) is 2.79. The number of pyridine rings is 1. The molecule has 1 aromatic heterocycles. The van der Waals surface area contributed by atoms with E-state index >= 15 is 0 Å². The third-order valence-corrected chi connectivity index (χ3v) is 7.48. The van der Waals surface area contributed by atoms with Gasteiger partial charge < -0.3 is 20.1 Å². The molecule has 1 fully saturated rings. The molecule has 1 amide bonds.